The van der Waals surface area contributed by atoms with E-state index in [-0.39, 0.29) is 12.0 Å². The predicted molar refractivity (Wildman–Crippen MR) is 111 cm³/mol. The number of anilines is 1. The summed E-state index contributed by atoms with van der Waals surface area (Å²) in [6.07, 6.45) is 2.03. The number of rotatable bonds is 4. The molecule has 1 unspecified atom stereocenters. The molecule has 4 nitrogen and oxygen atoms in total. The Kier molecular flexibility index (Phi) is 5.17. The van der Waals surface area contributed by atoms with Gasteiger partial charge in [-0.05, 0) is 62.1 Å². The quantitative estimate of drug-likeness (QED) is 0.589. The maximum absolute atomic E-state index is 13.3. The molecule has 2 aromatic carbocycles. The molecular formula is C21H21ClN2O2S. The van der Waals surface area contributed by atoms with Crippen molar-refractivity contribution in [2.45, 2.75) is 32.8 Å². The summed E-state index contributed by atoms with van der Waals surface area (Å²) in [4.78, 5) is 19.9. The Balaban J connectivity index is 1.75. The van der Waals surface area contributed by atoms with Crippen LogP contribution in [0.25, 0.3) is 10.2 Å². The Morgan fingerprint density at radius 2 is 2.19 bits per heavy atom. The second-order valence-electron chi connectivity index (χ2n) is 6.91. The van der Waals surface area contributed by atoms with Gasteiger partial charge in [0.2, 0.25) is 0 Å². The van der Waals surface area contributed by atoms with Crippen molar-refractivity contribution >= 4 is 44.2 Å². The fourth-order valence-electron chi connectivity index (χ4n) is 3.35. The Morgan fingerprint density at radius 1 is 1.33 bits per heavy atom. The number of thiazole rings is 1. The van der Waals surface area contributed by atoms with Crippen LogP contribution in [0.5, 0.6) is 0 Å². The van der Waals surface area contributed by atoms with Gasteiger partial charge in [-0.2, -0.15) is 0 Å². The SMILES string of the molecule is Cc1ccc2sc(N(CC3CCCO3)C(=O)c3cccc(Cl)c3)nc2c1C. The first-order valence-corrected chi connectivity index (χ1v) is 10.3. The van der Waals surface area contributed by atoms with Gasteiger partial charge in [-0.3, -0.25) is 9.69 Å². The number of halogens is 1. The molecule has 0 aliphatic carbocycles. The average Bonchev–Trinajstić information content (AvgIpc) is 3.32. The van der Waals surface area contributed by atoms with Gasteiger partial charge >= 0.3 is 0 Å². The fraction of sp³-hybridized carbons (Fsp3) is 0.333. The van der Waals surface area contributed by atoms with E-state index in [0.29, 0.717) is 22.3 Å². The molecular weight excluding hydrogens is 380 g/mol. The standard InChI is InChI=1S/C21H21ClN2O2S/c1-13-8-9-18-19(14(13)2)23-21(27-18)24(12-17-7-4-10-26-17)20(25)15-5-3-6-16(22)11-15/h3,5-6,8-9,11,17H,4,7,10,12H2,1-2H3. The number of carbonyl (C=O) groups excluding carboxylic acids is 1. The van der Waals surface area contributed by atoms with Crippen molar-refractivity contribution in [2.75, 3.05) is 18.1 Å². The molecule has 1 saturated heterocycles. The summed E-state index contributed by atoms with van der Waals surface area (Å²) in [7, 11) is 0. The molecule has 1 aromatic heterocycles. The Morgan fingerprint density at radius 3 is 2.93 bits per heavy atom. The van der Waals surface area contributed by atoms with Crippen LogP contribution in [0.15, 0.2) is 36.4 Å². The lowest BCUT2D eigenvalue weighted by molar-refractivity contribution is 0.0917. The van der Waals surface area contributed by atoms with Crippen LogP contribution in [0.3, 0.4) is 0 Å². The second-order valence-corrected chi connectivity index (χ2v) is 8.36. The molecule has 1 fully saturated rings. The molecule has 1 atom stereocenters. The molecule has 0 saturated carbocycles. The van der Waals surface area contributed by atoms with Crippen molar-refractivity contribution in [3.05, 3.63) is 58.1 Å². The third-order valence-electron chi connectivity index (χ3n) is 5.03. The van der Waals surface area contributed by atoms with Gasteiger partial charge in [-0.15, -0.1) is 0 Å². The molecule has 0 N–H and O–H groups in total. The molecule has 0 bridgehead atoms. The molecule has 1 aliphatic rings. The molecule has 140 valence electrons. The van der Waals surface area contributed by atoms with Crippen LogP contribution >= 0.6 is 22.9 Å². The van der Waals surface area contributed by atoms with Crippen LogP contribution in [0.4, 0.5) is 5.13 Å². The van der Waals surface area contributed by atoms with Crippen molar-refractivity contribution in [1.29, 1.82) is 0 Å². The van der Waals surface area contributed by atoms with E-state index < -0.39 is 0 Å². The highest BCUT2D eigenvalue weighted by Gasteiger charge is 2.27. The molecule has 1 aliphatic heterocycles. The molecule has 2 heterocycles. The Hall–Kier alpha value is -1.95. The minimum Gasteiger partial charge on any atom is -0.376 e. The third kappa shape index (κ3) is 3.72. The lowest BCUT2D eigenvalue weighted by atomic mass is 10.1. The van der Waals surface area contributed by atoms with Gasteiger partial charge in [0.15, 0.2) is 5.13 Å². The number of amides is 1. The lowest BCUT2D eigenvalue weighted by Crippen LogP contribution is -2.37. The maximum Gasteiger partial charge on any atom is 0.260 e. The monoisotopic (exact) mass is 400 g/mol. The molecule has 27 heavy (non-hydrogen) atoms. The highest BCUT2D eigenvalue weighted by molar-refractivity contribution is 7.22. The number of benzene rings is 2. The van der Waals surface area contributed by atoms with Gasteiger partial charge in [-0.25, -0.2) is 4.98 Å². The van der Waals surface area contributed by atoms with Crippen LogP contribution in [0.2, 0.25) is 5.02 Å². The second kappa shape index (κ2) is 7.58. The highest BCUT2D eigenvalue weighted by Crippen LogP contribution is 2.33. The van der Waals surface area contributed by atoms with E-state index >= 15 is 0 Å². The average molecular weight is 401 g/mol. The third-order valence-corrected chi connectivity index (χ3v) is 6.31. The summed E-state index contributed by atoms with van der Waals surface area (Å²) >= 11 is 7.65. The van der Waals surface area contributed by atoms with E-state index in [0.717, 1.165) is 35.2 Å². The first-order valence-electron chi connectivity index (χ1n) is 9.08. The molecule has 0 radical (unpaired) electrons. The molecule has 6 heteroatoms. The Labute approximate surface area is 167 Å². The lowest BCUT2D eigenvalue weighted by Gasteiger charge is -2.23. The normalized spacial score (nSPS) is 16.8. The first kappa shape index (κ1) is 18.4. The summed E-state index contributed by atoms with van der Waals surface area (Å²) in [5.74, 6) is -0.0959. The summed E-state index contributed by atoms with van der Waals surface area (Å²) < 4.78 is 6.88. The minimum atomic E-state index is -0.0959. The topological polar surface area (TPSA) is 42.4 Å². The number of carbonyl (C=O) groups is 1. The number of nitrogens with zero attached hydrogens (tertiary/aromatic N) is 2. The van der Waals surface area contributed by atoms with E-state index in [2.05, 4.69) is 26.0 Å². The van der Waals surface area contributed by atoms with E-state index in [1.54, 1.807) is 40.5 Å². The number of ether oxygens (including phenoxy) is 1. The number of aromatic nitrogens is 1. The van der Waals surface area contributed by atoms with E-state index in [1.807, 2.05) is 0 Å². The van der Waals surface area contributed by atoms with E-state index in [1.165, 1.54) is 5.56 Å². The van der Waals surface area contributed by atoms with Crippen LogP contribution in [-0.4, -0.2) is 30.1 Å². The number of fused-ring (bicyclic) bond motifs is 1. The summed E-state index contributed by atoms with van der Waals surface area (Å²) in [5.41, 5.74) is 3.88. The first-order chi connectivity index (χ1) is 13.0. The highest BCUT2D eigenvalue weighted by atomic mass is 35.5. The number of hydrogen-bond donors (Lipinski definition) is 0. The Bertz CT molecular complexity index is 995. The van der Waals surface area contributed by atoms with Crippen molar-refractivity contribution in [2.24, 2.45) is 0 Å². The maximum atomic E-state index is 13.3. The van der Waals surface area contributed by atoms with Gasteiger partial charge in [-0.1, -0.05) is 35.1 Å². The van der Waals surface area contributed by atoms with Gasteiger partial charge < -0.3 is 4.74 Å². The zero-order valence-corrected chi connectivity index (χ0v) is 16.9. The van der Waals surface area contributed by atoms with Crippen molar-refractivity contribution < 1.29 is 9.53 Å². The molecule has 1 amide bonds. The molecule has 0 spiro atoms. The van der Waals surface area contributed by atoms with E-state index in [4.69, 9.17) is 21.3 Å². The van der Waals surface area contributed by atoms with Crippen LogP contribution < -0.4 is 4.90 Å². The van der Waals surface area contributed by atoms with Crippen molar-refractivity contribution in [3.63, 3.8) is 0 Å². The number of aryl methyl sites for hydroxylation is 2. The fourth-order valence-corrected chi connectivity index (χ4v) is 4.57. The van der Waals surface area contributed by atoms with Gasteiger partial charge in [0.1, 0.15) is 0 Å². The zero-order chi connectivity index (χ0) is 19.0. The van der Waals surface area contributed by atoms with Gasteiger partial charge in [0.25, 0.3) is 5.91 Å². The minimum absolute atomic E-state index is 0.0444. The van der Waals surface area contributed by atoms with Crippen molar-refractivity contribution in [1.82, 2.24) is 4.98 Å². The zero-order valence-electron chi connectivity index (χ0n) is 15.4. The molecule has 3 aromatic rings. The van der Waals surface area contributed by atoms with Crippen molar-refractivity contribution in [3.8, 4) is 0 Å². The van der Waals surface area contributed by atoms with Gasteiger partial charge in [0.05, 0.1) is 22.9 Å². The van der Waals surface area contributed by atoms with Crippen LogP contribution in [0, 0.1) is 13.8 Å². The van der Waals surface area contributed by atoms with Gasteiger partial charge in [0, 0.05) is 17.2 Å². The van der Waals surface area contributed by atoms with E-state index in [9.17, 15) is 4.79 Å². The number of hydrogen-bond acceptors (Lipinski definition) is 4. The summed E-state index contributed by atoms with van der Waals surface area (Å²) in [6, 6.07) is 11.2. The molecule has 4 rings (SSSR count). The largest absolute Gasteiger partial charge is 0.376 e. The van der Waals surface area contributed by atoms with Crippen LogP contribution in [0.1, 0.15) is 34.3 Å². The smallest absolute Gasteiger partial charge is 0.260 e. The summed E-state index contributed by atoms with van der Waals surface area (Å²) in [6.45, 7) is 5.41. The van der Waals surface area contributed by atoms with Crippen LogP contribution in [-0.2, 0) is 4.74 Å². The predicted octanol–water partition coefficient (Wildman–Crippen LogP) is 5.39. The summed E-state index contributed by atoms with van der Waals surface area (Å²) in [5, 5.41) is 1.26.